The van der Waals surface area contributed by atoms with Gasteiger partial charge in [0.25, 0.3) is 0 Å². The summed E-state index contributed by atoms with van der Waals surface area (Å²) in [6.45, 7) is 4.48. The number of aryl methyl sites for hydroxylation is 1. The summed E-state index contributed by atoms with van der Waals surface area (Å²) in [5, 5.41) is 0.669. The van der Waals surface area contributed by atoms with E-state index in [0.717, 1.165) is 18.5 Å². The van der Waals surface area contributed by atoms with Gasteiger partial charge in [0.05, 0.1) is 10.6 Å². The van der Waals surface area contributed by atoms with Crippen LogP contribution in [-0.2, 0) is 6.42 Å². The van der Waals surface area contributed by atoms with Crippen LogP contribution in [0.3, 0.4) is 0 Å². The van der Waals surface area contributed by atoms with Gasteiger partial charge in [0.15, 0.2) is 5.13 Å². The van der Waals surface area contributed by atoms with E-state index in [-0.39, 0.29) is 0 Å². The van der Waals surface area contributed by atoms with Crippen LogP contribution < -0.4 is 5.73 Å². The molecule has 0 aliphatic carbocycles. The van der Waals surface area contributed by atoms with Crippen LogP contribution in [0.2, 0.25) is 0 Å². The average Bonchev–Trinajstić information content (AvgIpc) is 2.78. The second-order valence-electron chi connectivity index (χ2n) is 4.99. The van der Waals surface area contributed by atoms with Gasteiger partial charge in [0.2, 0.25) is 0 Å². The normalized spacial score (nSPS) is 11.2. The second-order valence-corrected chi connectivity index (χ2v) is 6.90. The first-order valence-corrected chi connectivity index (χ1v) is 8.54. The zero-order valence-electron chi connectivity index (χ0n) is 11.6. The van der Waals surface area contributed by atoms with Crippen molar-refractivity contribution in [2.45, 2.75) is 31.6 Å². The van der Waals surface area contributed by atoms with Gasteiger partial charge in [0.1, 0.15) is 0 Å². The lowest BCUT2D eigenvalue weighted by Gasteiger charge is -2.05. The smallest absolute Gasteiger partial charge is 0.180 e. The molecule has 0 unspecified atom stereocenters. The highest BCUT2D eigenvalue weighted by Gasteiger charge is 2.12. The fourth-order valence-corrected chi connectivity index (χ4v) is 3.23. The molecule has 2 aromatic rings. The summed E-state index contributed by atoms with van der Waals surface area (Å²) < 4.78 is 0. The average molecular weight is 292 g/mol. The van der Waals surface area contributed by atoms with Crippen LogP contribution in [0, 0.1) is 5.92 Å². The van der Waals surface area contributed by atoms with Crippen molar-refractivity contribution in [3.05, 3.63) is 30.0 Å². The molecule has 0 bridgehead atoms. The molecule has 0 saturated heterocycles. The molecule has 0 aliphatic heterocycles. The Labute approximate surface area is 123 Å². The molecule has 0 spiro atoms. The highest BCUT2D eigenvalue weighted by molar-refractivity contribution is 7.98. The minimum atomic E-state index is 0.669. The summed E-state index contributed by atoms with van der Waals surface area (Å²) in [5.41, 5.74) is 8.26. The van der Waals surface area contributed by atoms with Gasteiger partial charge in [-0.2, -0.15) is 0 Å². The molecule has 0 fully saturated rings. The van der Waals surface area contributed by atoms with Crippen molar-refractivity contribution in [2.75, 3.05) is 12.0 Å². The van der Waals surface area contributed by atoms with Gasteiger partial charge in [-0.3, -0.25) is 0 Å². The van der Waals surface area contributed by atoms with Crippen LogP contribution in [-0.4, -0.2) is 11.2 Å². The Hall–Kier alpha value is -1.00. The number of thiazole rings is 1. The van der Waals surface area contributed by atoms with Gasteiger partial charge in [-0.15, -0.1) is 11.8 Å². The molecule has 0 amide bonds. The number of thioether (sulfide) groups is 1. The monoisotopic (exact) mass is 292 g/mol. The Morgan fingerprint density at radius 3 is 2.53 bits per heavy atom. The third-order valence-corrected chi connectivity index (χ3v) is 4.74. The van der Waals surface area contributed by atoms with Gasteiger partial charge in [-0.25, -0.2) is 4.98 Å². The number of nitrogens with zero attached hydrogens (tertiary/aromatic N) is 1. The molecule has 4 heteroatoms. The van der Waals surface area contributed by atoms with E-state index < -0.39 is 0 Å². The third-order valence-electron chi connectivity index (χ3n) is 3.02. The van der Waals surface area contributed by atoms with E-state index in [1.54, 1.807) is 23.1 Å². The van der Waals surface area contributed by atoms with Crippen LogP contribution in [0.4, 0.5) is 5.13 Å². The number of rotatable bonds is 5. The molecule has 1 aromatic carbocycles. The minimum absolute atomic E-state index is 0.669. The van der Waals surface area contributed by atoms with Crippen molar-refractivity contribution < 1.29 is 0 Å². The lowest BCUT2D eigenvalue weighted by Crippen LogP contribution is -1.94. The molecule has 19 heavy (non-hydrogen) atoms. The van der Waals surface area contributed by atoms with Crippen LogP contribution in [0.15, 0.2) is 29.2 Å². The maximum Gasteiger partial charge on any atom is 0.180 e. The highest BCUT2D eigenvalue weighted by Crippen LogP contribution is 2.33. The fraction of sp³-hybridized carbons (Fsp3) is 0.400. The third kappa shape index (κ3) is 3.74. The molecule has 2 rings (SSSR count). The summed E-state index contributed by atoms with van der Waals surface area (Å²) >= 11 is 3.35. The topological polar surface area (TPSA) is 38.9 Å². The van der Waals surface area contributed by atoms with E-state index in [1.807, 2.05) is 0 Å². The Kier molecular flexibility index (Phi) is 4.88. The van der Waals surface area contributed by atoms with Crippen molar-refractivity contribution in [1.29, 1.82) is 0 Å². The Morgan fingerprint density at radius 2 is 1.95 bits per heavy atom. The number of benzene rings is 1. The number of hydrogen-bond acceptors (Lipinski definition) is 4. The van der Waals surface area contributed by atoms with Gasteiger partial charge >= 0.3 is 0 Å². The molecule has 1 heterocycles. The maximum absolute atomic E-state index is 5.88. The van der Waals surface area contributed by atoms with Crippen LogP contribution in [0.1, 0.15) is 26.0 Å². The lowest BCUT2D eigenvalue weighted by atomic mass is 10.0. The predicted molar refractivity (Wildman–Crippen MR) is 86.9 cm³/mol. The predicted octanol–water partition coefficient (Wildman–Crippen LogP) is 4.70. The van der Waals surface area contributed by atoms with Crippen molar-refractivity contribution in [3.8, 4) is 10.4 Å². The van der Waals surface area contributed by atoms with Crippen molar-refractivity contribution in [3.63, 3.8) is 0 Å². The lowest BCUT2D eigenvalue weighted by molar-refractivity contribution is 0.583. The molecule has 2 nitrogen and oxygen atoms in total. The summed E-state index contributed by atoms with van der Waals surface area (Å²) in [6.07, 6.45) is 4.25. The van der Waals surface area contributed by atoms with E-state index in [2.05, 4.69) is 49.4 Å². The van der Waals surface area contributed by atoms with Crippen molar-refractivity contribution in [1.82, 2.24) is 4.98 Å². The summed E-state index contributed by atoms with van der Waals surface area (Å²) in [7, 11) is 0. The minimum Gasteiger partial charge on any atom is -0.375 e. The largest absolute Gasteiger partial charge is 0.375 e. The van der Waals surface area contributed by atoms with Gasteiger partial charge < -0.3 is 5.73 Å². The first kappa shape index (κ1) is 14.4. The van der Waals surface area contributed by atoms with E-state index >= 15 is 0 Å². The van der Waals surface area contributed by atoms with Gasteiger partial charge in [-0.1, -0.05) is 37.3 Å². The SMILES string of the molecule is CSc1ccc(-c2sc(N)nc2CCC(C)C)cc1. The summed E-state index contributed by atoms with van der Waals surface area (Å²) in [4.78, 5) is 7.00. The quantitative estimate of drug-likeness (QED) is 0.812. The van der Waals surface area contributed by atoms with Gasteiger partial charge in [0, 0.05) is 4.90 Å². The van der Waals surface area contributed by atoms with E-state index in [1.165, 1.54) is 15.3 Å². The van der Waals surface area contributed by atoms with E-state index in [9.17, 15) is 0 Å². The van der Waals surface area contributed by atoms with Crippen molar-refractivity contribution in [2.24, 2.45) is 5.92 Å². The first-order chi connectivity index (χ1) is 9.10. The number of aromatic nitrogens is 1. The fourth-order valence-electron chi connectivity index (χ4n) is 1.93. The molecule has 102 valence electrons. The number of anilines is 1. The molecule has 1 aromatic heterocycles. The zero-order valence-corrected chi connectivity index (χ0v) is 13.3. The van der Waals surface area contributed by atoms with Crippen LogP contribution >= 0.6 is 23.1 Å². The second kappa shape index (κ2) is 6.44. The Bertz CT molecular complexity index is 530. The van der Waals surface area contributed by atoms with Gasteiger partial charge in [-0.05, 0) is 42.7 Å². The number of hydrogen-bond donors (Lipinski definition) is 1. The highest BCUT2D eigenvalue weighted by atomic mass is 32.2. The molecular formula is C15H20N2S2. The van der Waals surface area contributed by atoms with Crippen LogP contribution in [0.25, 0.3) is 10.4 Å². The summed E-state index contributed by atoms with van der Waals surface area (Å²) in [6, 6.07) is 8.64. The maximum atomic E-state index is 5.88. The molecular weight excluding hydrogens is 272 g/mol. The molecule has 0 aliphatic rings. The Morgan fingerprint density at radius 1 is 1.26 bits per heavy atom. The number of nitrogen functional groups attached to an aromatic ring is 1. The molecule has 0 atom stereocenters. The van der Waals surface area contributed by atoms with E-state index in [4.69, 9.17) is 5.73 Å². The standard InChI is InChI=1S/C15H20N2S2/c1-10(2)4-9-13-14(19-15(16)17-13)11-5-7-12(18-3)8-6-11/h5-8,10H,4,9H2,1-3H3,(H2,16,17). The van der Waals surface area contributed by atoms with Crippen molar-refractivity contribution >= 4 is 28.2 Å². The Balaban J connectivity index is 2.27. The zero-order chi connectivity index (χ0) is 13.8. The molecule has 0 saturated carbocycles. The summed E-state index contributed by atoms with van der Waals surface area (Å²) in [5.74, 6) is 0.689. The molecule has 0 radical (unpaired) electrons. The first-order valence-electron chi connectivity index (χ1n) is 6.49. The number of nitrogens with two attached hydrogens (primary N) is 1. The molecule has 2 N–H and O–H groups in total. The van der Waals surface area contributed by atoms with E-state index in [0.29, 0.717) is 11.0 Å². The van der Waals surface area contributed by atoms with Crippen LogP contribution in [0.5, 0.6) is 0 Å².